The molecular weight excluding hydrogens is 323 g/mol. The van der Waals surface area contributed by atoms with Crippen LogP contribution in [0.5, 0.6) is 0 Å². The van der Waals surface area contributed by atoms with Crippen molar-refractivity contribution in [3.63, 3.8) is 0 Å². The van der Waals surface area contributed by atoms with Crippen molar-refractivity contribution in [3.05, 3.63) is 44.7 Å². The van der Waals surface area contributed by atoms with Crippen LogP contribution in [-0.2, 0) is 9.84 Å². The molecule has 8 heteroatoms. The molecule has 0 saturated heterocycles. The Morgan fingerprint density at radius 2 is 1.80 bits per heavy atom. The molecule has 1 aromatic heterocycles. The third-order valence-corrected chi connectivity index (χ3v) is 4.78. The number of sulfone groups is 1. The Bertz CT molecular complexity index is 795. The number of hydrogen-bond donors (Lipinski definition) is 1. The maximum Gasteiger partial charge on any atom is 0.209 e. The lowest BCUT2D eigenvalue weighted by Gasteiger charge is -2.08. The van der Waals surface area contributed by atoms with Gasteiger partial charge in [-0.2, -0.15) is 5.10 Å². The van der Waals surface area contributed by atoms with Gasteiger partial charge in [-0.1, -0.05) is 30.1 Å². The van der Waals surface area contributed by atoms with E-state index in [9.17, 15) is 13.2 Å². The first-order valence-corrected chi connectivity index (χ1v) is 8.03. The zero-order valence-corrected chi connectivity index (χ0v) is 12.7. The van der Waals surface area contributed by atoms with E-state index >= 15 is 0 Å². The lowest BCUT2D eigenvalue weighted by molar-refractivity contribution is 0.591. The standard InChI is InChI=1S/C12H10Cl2N2O3S/c1-2-20(18,19)12-11(10(17)6-15-16-12)7-3-8(13)5-9(14)4-7/h3-6H,2H2,1H3,(H,16,17). The average Bonchev–Trinajstić information content (AvgIpc) is 2.37. The quantitative estimate of drug-likeness (QED) is 0.936. The second-order valence-corrected chi connectivity index (χ2v) is 7.09. The summed E-state index contributed by atoms with van der Waals surface area (Å²) in [5.41, 5.74) is -0.196. The highest BCUT2D eigenvalue weighted by Gasteiger charge is 2.21. The van der Waals surface area contributed by atoms with Gasteiger partial charge in [0.15, 0.2) is 14.9 Å². The van der Waals surface area contributed by atoms with E-state index in [1.165, 1.54) is 25.1 Å². The molecule has 0 aliphatic carbocycles. The zero-order valence-electron chi connectivity index (χ0n) is 10.4. The van der Waals surface area contributed by atoms with Crippen molar-refractivity contribution in [2.24, 2.45) is 0 Å². The zero-order chi connectivity index (χ0) is 14.9. The van der Waals surface area contributed by atoms with Gasteiger partial charge in [-0.15, -0.1) is 0 Å². The van der Waals surface area contributed by atoms with Crippen LogP contribution in [0.2, 0.25) is 10.0 Å². The number of aromatic amines is 1. The van der Waals surface area contributed by atoms with Crippen molar-refractivity contribution in [1.29, 1.82) is 0 Å². The molecule has 0 aliphatic heterocycles. The molecule has 0 amide bonds. The van der Waals surface area contributed by atoms with Gasteiger partial charge in [0.2, 0.25) is 5.43 Å². The molecule has 0 radical (unpaired) electrons. The normalized spacial score (nSPS) is 11.6. The van der Waals surface area contributed by atoms with Crippen LogP contribution in [0.4, 0.5) is 0 Å². The summed E-state index contributed by atoms with van der Waals surface area (Å²) in [7, 11) is -3.63. The van der Waals surface area contributed by atoms with Crippen LogP contribution in [0.15, 0.2) is 34.2 Å². The molecule has 5 nitrogen and oxygen atoms in total. The van der Waals surface area contributed by atoms with E-state index in [0.29, 0.717) is 15.6 Å². The minimum atomic E-state index is -3.63. The van der Waals surface area contributed by atoms with E-state index < -0.39 is 15.3 Å². The van der Waals surface area contributed by atoms with Gasteiger partial charge < -0.3 is 0 Å². The lowest BCUT2D eigenvalue weighted by Crippen LogP contribution is -2.16. The van der Waals surface area contributed by atoms with Crippen molar-refractivity contribution in [1.82, 2.24) is 10.2 Å². The average molecular weight is 333 g/mol. The molecule has 0 fully saturated rings. The summed E-state index contributed by atoms with van der Waals surface area (Å²) in [6.45, 7) is 1.48. The van der Waals surface area contributed by atoms with Gasteiger partial charge >= 0.3 is 0 Å². The lowest BCUT2D eigenvalue weighted by atomic mass is 10.1. The number of nitrogens with one attached hydrogen (secondary N) is 1. The van der Waals surface area contributed by atoms with E-state index in [4.69, 9.17) is 23.2 Å². The maximum atomic E-state index is 12.0. The first-order valence-electron chi connectivity index (χ1n) is 5.62. The number of rotatable bonds is 3. The molecule has 0 unspecified atom stereocenters. The monoisotopic (exact) mass is 332 g/mol. The van der Waals surface area contributed by atoms with Crippen molar-refractivity contribution in [3.8, 4) is 11.1 Å². The number of aromatic nitrogens is 2. The molecule has 0 aliphatic rings. The molecule has 1 N–H and O–H groups in total. The van der Waals surface area contributed by atoms with Gasteiger partial charge in [-0.25, -0.2) is 8.42 Å². The minimum absolute atomic E-state index is 0.00810. The number of halogens is 2. The fourth-order valence-electron chi connectivity index (χ4n) is 1.72. The van der Waals surface area contributed by atoms with Gasteiger partial charge in [0.1, 0.15) is 0 Å². The van der Waals surface area contributed by atoms with E-state index in [1.807, 2.05) is 0 Å². The van der Waals surface area contributed by atoms with Crippen LogP contribution in [0.3, 0.4) is 0 Å². The smallest absolute Gasteiger partial charge is 0.209 e. The Balaban J connectivity index is 2.84. The molecule has 0 bridgehead atoms. The molecule has 2 aromatic rings. The summed E-state index contributed by atoms with van der Waals surface area (Å²) in [5.74, 6) is -0.157. The number of H-pyrrole nitrogens is 1. The van der Waals surface area contributed by atoms with Gasteiger partial charge in [-0.3, -0.25) is 9.89 Å². The molecule has 0 saturated carbocycles. The summed E-state index contributed by atoms with van der Waals surface area (Å²) in [6, 6.07) is 4.45. The topological polar surface area (TPSA) is 79.9 Å². The fraction of sp³-hybridized carbons (Fsp3) is 0.167. The Hall–Kier alpha value is -1.37. The van der Waals surface area contributed by atoms with Crippen LogP contribution >= 0.6 is 23.2 Å². The van der Waals surface area contributed by atoms with E-state index in [2.05, 4.69) is 10.2 Å². The van der Waals surface area contributed by atoms with E-state index in [1.54, 1.807) is 0 Å². The Morgan fingerprint density at radius 3 is 2.35 bits per heavy atom. The Morgan fingerprint density at radius 1 is 1.20 bits per heavy atom. The van der Waals surface area contributed by atoms with Gasteiger partial charge in [0.25, 0.3) is 0 Å². The van der Waals surface area contributed by atoms with Crippen molar-refractivity contribution < 1.29 is 8.42 Å². The van der Waals surface area contributed by atoms with Crippen molar-refractivity contribution in [2.75, 3.05) is 5.75 Å². The summed E-state index contributed by atoms with van der Waals surface area (Å²) < 4.78 is 24.1. The predicted molar refractivity (Wildman–Crippen MR) is 78.0 cm³/mol. The molecular formula is C12H10Cl2N2O3S. The van der Waals surface area contributed by atoms with E-state index in [-0.39, 0.29) is 16.3 Å². The number of nitrogens with zero attached hydrogens (tertiary/aromatic N) is 1. The summed E-state index contributed by atoms with van der Waals surface area (Å²) in [5, 5.41) is 6.32. The summed E-state index contributed by atoms with van der Waals surface area (Å²) in [4.78, 5) is 12.0. The van der Waals surface area contributed by atoms with Gasteiger partial charge in [0, 0.05) is 10.0 Å². The Labute approximate surface area is 125 Å². The van der Waals surface area contributed by atoms with Gasteiger partial charge in [0.05, 0.1) is 17.5 Å². The molecule has 0 spiro atoms. The Kier molecular flexibility index (Phi) is 4.17. The molecule has 20 heavy (non-hydrogen) atoms. The minimum Gasteiger partial charge on any atom is -0.287 e. The molecule has 1 aromatic carbocycles. The molecule has 1 heterocycles. The number of hydrogen-bond acceptors (Lipinski definition) is 4. The van der Waals surface area contributed by atoms with Gasteiger partial charge in [-0.05, 0) is 23.8 Å². The predicted octanol–water partition coefficient (Wildman–Crippen LogP) is 2.54. The molecule has 0 atom stereocenters. The highest BCUT2D eigenvalue weighted by atomic mass is 35.5. The highest BCUT2D eigenvalue weighted by molar-refractivity contribution is 7.91. The number of benzene rings is 1. The van der Waals surface area contributed by atoms with Crippen LogP contribution in [0, 0.1) is 0 Å². The third-order valence-electron chi connectivity index (χ3n) is 2.66. The second-order valence-electron chi connectivity index (χ2n) is 4.00. The third kappa shape index (κ3) is 2.87. The van der Waals surface area contributed by atoms with Crippen LogP contribution in [-0.4, -0.2) is 24.4 Å². The van der Waals surface area contributed by atoms with Crippen molar-refractivity contribution in [2.45, 2.75) is 11.9 Å². The largest absolute Gasteiger partial charge is 0.287 e. The highest BCUT2D eigenvalue weighted by Crippen LogP contribution is 2.28. The van der Waals surface area contributed by atoms with E-state index in [0.717, 1.165) is 6.20 Å². The maximum absolute atomic E-state index is 12.0. The molecule has 2 rings (SSSR count). The second kappa shape index (κ2) is 5.55. The van der Waals surface area contributed by atoms with Crippen molar-refractivity contribution >= 4 is 33.0 Å². The van der Waals surface area contributed by atoms with Crippen LogP contribution in [0.1, 0.15) is 6.92 Å². The van der Waals surface area contributed by atoms with Crippen LogP contribution < -0.4 is 5.43 Å². The first kappa shape index (κ1) is 15.0. The summed E-state index contributed by atoms with van der Waals surface area (Å²) >= 11 is 11.8. The molecule has 106 valence electrons. The summed E-state index contributed by atoms with van der Waals surface area (Å²) in [6.07, 6.45) is 1.01. The first-order chi connectivity index (χ1) is 9.35. The fourth-order valence-corrected chi connectivity index (χ4v) is 3.26. The van der Waals surface area contributed by atoms with Crippen LogP contribution in [0.25, 0.3) is 11.1 Å². The SMILES string of the molecule is CCS(=O)(=O)c1[nH]ncc(=O)c1-c1cc(Cl)cc(Cl)c1.